The van der Waals surface area contributed by atoms with Gasteiger partial charge >= 0.3 is 5.97 Å². The van der Waals surface area contributed by atoms with E-state index in [-0.39, 0.29) is 11.7 Å². The molecule has 1 amide bonds. The normalized spacial score (nSPS) is 10.7. The average Bonchev–Trinajstić information content (AvgIpc) is 3.25. The summed E-state index contributed by atoms with van der Waals surface area (Å²) >= 11 is 2.63. The quantitative estimate of drug-likeness (QED) is 0.400. The maximum absolute atomic E-state index is 12.5. The van der Waals surface area contributed by atoms with Crippen LogP contribution < -0.4 is 10.1 Å². The summed E-state index contributed by atoms with van der Waals surface area (Å²) in [6.07, 6.45) is 0. The number of thioether (sulfide) groups is 1. The van der Waals surface area contributed by atoms with Crippen LogP contribution in [0.25, 0.3) is 11.4 Å². The number of aromatic nitrogens is 3. The van der Waals surface area contributed by atoms with E-state index in [1.807, 2.05) is 56.7 Å². The lowest BCUT2D eigenvalue weighted by Gasteiger charge is -2.07. The lowest BCUT2D eigenvalue weighted by Crippen LogP contribution is -2.16. The second kappa shape index (κ2) is 9.97. The molecule has 0 aliphatic carbocycles. The molecule has 2 heterocycles. The van der Waals surface area contributed by atoms with Crippen molar-refractivity contribution in [3.8, 4) is 17.1 Å². The number of hydrogen-bond donors (Lipinski definition) is 1. The van der Waals surface area contributed by atoms with E-state index < -0.39 is 5.97 Å². The van der Waals surface area contributed by atoms with E-state index in [9.17, 15) is 9.59 Å². The molecule has 0 bridgehead atoms. The van der Waals surface area contributed by atoms with Gasteiger partial charge in [0.05, 0.1) is 25.0 Å². The summed E-state index contributed by atoms with van der Waals surface area (Å²) in [4.78, 5) is 25.5. The maximum atomic E-state index is 12.5. The molecule has 0 saturated heterocycles. The minimum absolute atomic E-state index is 0.131. The van der Waals surface area contributed by atoms with E-state index in [2.05, 4.69) is 15.5 Å². The summed E-state index contributed by atoms with van der Waals surface area (Å²) in [5.41, 5.74) is 2.12. The number of methoxy groups -OCH3 is 1. The van der Waals surface area contributed by atoms with Crippen molar-refractivity contribution in [2.24, 2.45) is 7.05 Å². The van der Waals surface area contributed by atoms with Gasteiger partial charge in [-0.15, -0.1) is 21.5 Å². The number of carbonyl (C=O) groups excluding carboxylic acids is 2. The van der Waals surface area contributed by atoms with Gasteiger partial charge in [-0.05, 0) is 50.6 Å². The Morgan fingerprint density at radius 1 is 1.19 bits per heavy atom. The summed E-state index contributed by atoms with van der Waals surface area (Å²) in [6.45, 7) is 6.29. The van der Waals surface area contributed by atoms with Gasteiger partial charge in [0, 0.05) is 17.5 Å². The van der Waals surface area contributed by atoms with Gasteiger partial charge in [0.15, 0.2) is 11.0 Å². The second-order valence-corrected chi connectivity index (χ2v) is 8.81. The number of anilines is 1. The number of carbonyl (C=O) groups is 2. The molecule has 0 atom stereocenters. The first-order valence-corrected chi connectivity index (χ1v) is 11.4. The van der Waals surface area contributed by atoms with Gasteiger partial charge in [0.25, 0.3) is 0 Å². The number of ether oxygens (including phenoxy) is 2. The van der Waals surface area contributed by atoms with Gasteiger partial charge in [0.1, 0.15) is 10.8 Å². The Balaban J connectivity index is 1.67. The molecular formula is C21H24N4O4S2. The van der Waals surface area contributed by atoms with E-state index in [1.54, 1.807) is 0 Å². The number of amides is 1. The molecule has 1 aromatic carbocycles. The fraction of sp³-hybridized carbons (Fsp3) is 0.333. The van der Waals surface area contributed by atoms with Crippen molar-refractivity contribution < 1.29 is 19.1 Å². The Hall–Kier alpha value is -2.85. The Kier molecular flexibility index (Phi) is 7.34. The van der Waals surface area contributed by atoms with Gasteiger partial charge in [-0.3, -0.25) is 4.79 Å². The van der Waals surface area contributed by atoms with E-state index in [0.717, 1.165) is 21.8 Å². The smallest absolute Gasteiger partial charge is 0.341 e. The molecule has 0 radical (unpaired) electrons. The third-order valence-corrected chi connectivity index (χ3v) is 6.76. The van der Waals surface area contributed by atoms with Crippen LogP contribution in [0.4, 0.5) is 5.00 Å². The summed E-state index contributed by atoms with van der Waals surface area (Å²) in [7, 11) is 3.18. The van der Waals surface area contributed by atoms with Crippen molar-refractivity contribution in [1.29, 1.82) is 0 Å². The Labute approximate surface area is 189 Å². The topological polar surface area (TPSA) is 95.3 Å². The molecule has 0 saturated carbocycles. The van der Waals surface area contributed by atoms with Gasteiger partial charge in [-0.2, -0.15) is 0 Å². The largest absolute Gasteiger partial charge is 0.494 e. The highest BCUT2D eigenvalue weighted by molar-refractivity contribution is 7.99. The van der Waals surface area contributed by atoms with Crippen molar-refractivity contribution in [3.63, 3.8) is 0 Å². The number of aryl methyl sites for hydroxylation is 1. The highest BCUT2D eigenvalue weighted by Gasteiger charge is 2.22. The number of esters is 1. The third-order valence-electron chi connectivity index (χ3n) is 4.62. The van der Waals surface area contributed by atoms with Crippen LogP contribution in [-0.2, 0) is 16.6 Å². The molecule has 164 valence electrons. The zero-order valence-electron chi connectivity index (χ0n) is 18.0. The van der Waals surface area contributed by atoms with Crippen LogP contribution in [0.3, 0.4) is 0 Å². The van der Waals surface area contributed by atoms with E-state index >= 15 is 0 Å². The first-order valence-electron chi connectivity index (χ1n) is 9.59. The Morgan fingerprint density at radius 3 is 2.55 bits per heavy atom. The van der Waals surface area contributed by atoms with Crippen LogP contribution in [0.5, 0.6) is 5.75 Å². The van der Waals surface area contributed by atoms with Gasteiger partial charge in [0.2, 0.25) is 5.91 Å². The minimum Gasteiger partial charge on any atom is -0.494 e. The zero-order chi connectivity index (χ0) is 22.5. The molecule has 0 aliphatic rings. The predicted molar refractivity (Wildman–Crippen MR) is 122 cm³/mol. The molecular weight excluding hydrogens is 436 g/mol. The van der Waals surface area contributed by atoms with Crippen LogP contribution in [0.2, 0.25) is 0 Å². The lowest BCUT2D eigenvalue weighted by molar-refractivity contribution is -0.113. The second-order valence-electron chi connectivity index (χ2n) is 6.64. The van der Waals surface area contributed by atoms with Gasteiger partial charge < -0.3 is 19.4 Å². The van der Waals surface area contributed by atoms with Crippen LogP contribution >= 0.6 is 23.1 Å². The fourth-order valence-corrected chi connectivity index (χ4v) is 4.69. The summed E-state index contributed by atoms with van der Waals surface area (Å²) in [6, 6.07) is 7.62. The molecule has 2 aromatic heterocycles. The molecule has 31 heavy (non-hydrogen) atoms. The minimum atomic E-state index is -0.460. The summed E-state index contributed by atoms with van der Waals surface area (Å²) in [5, 5.41) is 12.4. The van der Waals surface area contributed by atoms with Gasteiger partial charge in [-0.25, -0.2) is 4.79 Å². The van der Waals surface area contributed by atoms with Crippen molar-refractivity contribution in [2.75, 3.05) is 24.8 Å². The van der Waals surface area contributed by atoms with Crippen LogP contribution in [0, 0.1) is 13.8 Å². The predicted octanol–water partition coefficient (Wildman–Crippen LogP) is 4.08. The number of thiophene rings is 1. The SMILES string of the molecule is CCOc1ccc(-c2nnc(SCC(=O)Nc3sc(C)c(C)c3C(=O)OC)n2C)cc1. The summed E-state index contributed by atoms with van der Waals surface area (Å²) in [5.74, 6) is 0.930. The number of hydrogen-bond acceptors (Lipinski definition) is 8. The lowest BCUT2D eigenvalue weighted by atomic mass is 10.1. The summed E-state index contributed by atoms with van der Waals surface area (Å²) < 4.78 is 12.2. The van der Waals surface area contributed by atoms with Crippen LogP contribution in [-0.4, -0.2) is 46.1 Å². The molecule has 10 heteroatoms. The monoisotopic (exact) mass is 460 g/mol. The Bertz CT molecular complexity index is 1090. The molecule has 0 unspecified atom stereocenters. The Morgan fingerprint density at radius 2 is 1.90 bits per heavy atom. The number of rotatable bonds is 8. The van der Waals surface area contributed by atoms with Crippen molar-refractivity contribution >= 4 is 40.0 Å². The molecule has 0 spiro atoms. The fourth-order valence-electron chi connectivity index (χ4n) is 2.91. The molecule has 3 rings (SSSR count). The van der Waals surface area contributed by atoms with E-state index in [1.165, 1.54) is 30.2 Å². The molecule has 1 N–H and O–H groups in total. The number of benzene rings is 1. The molecule has 3 aromatic rings. The van der Waals surface area contributed by atoms with Crippen LogP contribution in [0.15, 0.2) is 29.4 Å². The standard InChI is InChI=1S/C21H24N4O4S2/c1-6-29-15-9-7-14(8-10-15)18-23-24-21(25(18)4)30-11-16(26)22-19-17(20(27)28-5)12(2)13(3)31-19/h7-10H,6,11H2,1-5H3,(H,22,26). The number of nitrogens with one attached hydrogen (secondary N) is 1. The van der Waals surface area contributed by atoms with Crippen molar-refractivity contribution in [3.05, 3.63) is 40.3 Å². The number of nitrogens with zero attached hydrogens (tertiary/aromatic N) is 3. The molecule has 0 aliphatic heterocycles. The maximum Gasteiger partial charge on any atom is 0.341 e. The van der Waals surface area contributed by atoms with E-state index in [4.69, 9.17) is 9.47 Å². The average molecular weight is 461 g/mol. The first-order chi connectivity index (χ1) is 14.8. The van der Waals surface area contributed by atoms with Crippen LogP contribution in [0.1, 0.15) is 27.7 Å². The highest BCUT2D eigenvalue weighted by atomic mass is 32.2. The van der Waals surface area contributed by atoms with Crippen molar-refractivity contribution in [1.82, 2.24) is 14.8 Å². The molecule has 0 fully saturated rings. The third kappa shape index (κ3) is 5.08. The zero-order valence-corrected chi connectivity index (χ0v) is 19.6. The highest BCUT2D eigenvalue weighted by Crippen LogP contribution is 2.33. The van der Waals surface area contributed by atoms with Crippen molar-refractivity contribution in [2.45, 2.75) is 25.9 Å². The molecule has 8 nitrogen and oxygen atoms in total. The van der Waals surface area contributed by atoms with Gasteiger partial charge in [-0.1, -0.05) is 11.8 Å². The van der Waals surface area contributed by atoms with E-state index in [0.29, 0.717) is 28.2 Å². The first kappa shape index (κ1) is 22.8.